The van der Waals surface area contributed by atoms with Crippen LogP contribution < -0.4 is 16.4 Å². The Bertz CT molecular complexity index is 583. The standard InChI is InChI=1S/C17H25N3O4S/c1-11(17(23)24)19-16(22)14(8-9-25-2)20-15(21)13(18)10-12-6-4-3-5-7-12/h3-7,11,13-14H,8-10,18H2,1-2H3,(H,19,22)(H,20,21)(H,23,24)/t11-,13-,14-/m0/s1. The molecule has 8 heteroatoms. The van der Waals surface area contributed by atoms with Crippen molar-refractivity contribution in [2.75, 3.05) is 12.0 Å². The first-order chi connectivity index (χ1) is 11.8. The Labute approximate surface area is 151 Å². The van der Waals surface area contributed by atoms with Crippen molar-refractivity contribution in [2.45, 2.75) is 37.9 Å². The molecule has 3 atom stereocenters. The van der Waals surface area contributed by atoms with Crippen LogP contribution in [0.2, 0.25) is 0 Å². The zero-order valence-corrected chi connectivity index (χ0v) is 15.2. The van der Waals surface area contributed by atoms with E-state index in [2.05, 4.69) is 10.6 Å². The van der Waals surface area contributed by atoms with E-state index in [1.165, 1.54) is 18.7 Å². The first-order valence-corrected chi connectivity index (χ1v) is 9.36. The monoisotopic (exact) mass is 367 g/mol. The Morgan fingerprint density at radius 3 is 2.36 bits per heavy atom. The number of nitrogens with one attached hydrogen (secondary N) is 2. The summed E-state index contributed by atoms with van der Waals surface area (Å²) in [6, 6.07) is 6.72. The normalized spacial score (nSPS) is 14.2. The van der Waals surface area contributed by atoms with Gasteiger partial charge in [0.1, 0.15) is 12.1 Å². The van der Waals surface area contributed by atoms with Crippen LogP contribution in [-0.2, 0) is 20.8 Å². The van der Waals surface area contributed by atoms with Gasteiger partial charge in [0.15, 0.2) is 0 Å². The van der Waals surface area contributed by atoms with Gasteiger partial charge in [-0.1, -0.05) is 30.3 Å². The molecule has 0 unspecified atom stereocenters. The topological polar surface area (TPSA) is 122 Å². The summed E-state index contributed by atoms with van der Waals surface area (Å²) in [6.45, 7) is 1.37. The molecule has 1 rings (SSSR count). The summed E-state index contributed by atoms with van der Waals surface area (Å²) in [7, 11) is 0. The lowest BCUT2D eigenvalue weighted by molar-refractivity contribution is -0.141. The van der Waals surface area contributed by atoms with Gasteiger partial charge in [-0.2, -0.15) is 11.8 Å². The molecular formula is C17H25N3O4S. The van der Waals surface area contributed by atoms with Crippen LogP contribution in [-0.4, -0.2) is 53.0 Å². The molecule has 0 saturated heterocycles. The molecule has 0 radical (unpaired) electrons. The van der Waals surface area contributed by atoms with Gasteiger partial charge in [-0.05, 0) is 37.3 Å². The highest BCUT2D eigenvalue weighted by molar-refractivity contribution is 7.98. The van der Waals surface area contributed by atoms with Crippen LogP contribution in [0.25, 0.3) is 0 Å². The van der Waals surface area contributed by atoms with Crippen LogP contribution >= 0.6 is 11.8 Å². The Hall–Kier alpha value is -2.06. The number of aliphatic carboxylic acids is 1. The van der Waals surface area contributed by atoms with E-state index in [-0.39, 0.29) is 0 Å². The molecule has 7 nitrogen and oxygen atoms in total. The van der Waals surface area contributed by atoms with Crippen LogP contribution in [0.5, 0.6) is 0 Å². The molecule has 0 bridgehead atoms. The summed E-state index contributed by atoms with van der Waals surface area (Å²) in [5, 5.41) is 13.9. The van der Waals surface area contributed by atoms with Gasteiger partial charge < -0.3 is 21.5 Å². The predicted molar refractivity (Wildman–Crippen MR) is 98.3 cm³/mol. The summed E-state index contributed by atoms with van der Waals surface area (Å²) in [6.07, 6.45) is 2.63. The molecule has 0 saturated carbocycles. The molecule has 5 N–H and O–H groups in total. The number of carbonyl (C=O) groups excluding carboxylic acids is 2. The predicted octanol–water partition coefficient (Wildman–Crippen LogP) is 0.384. The second kappa shape index (κ2) is 10.7. The number of amides is 2. The van der Waals surface area contributed by atoms with Gasteiger partial charge in [0.2, 0.25) is 11.8 Å². The van der Waals surface area contributed by atoms with Gasteiger partial charge in [0, 0.05) is 0 Å². The highest BCUT2D eigenvalue weighted by Crippen LogP contribution is 2.05. The van der Waals surface area contributed by atoms with E-state index < -0.39 is 35.9 Å². The molecule has 0 aliphatic heterocycles. The fraction of sp³-hybridized carbons (Fsp3) is 0.471. The van der Waals surface area contributed by atoms with E-state index in [0.717, 1.165) is 5.56 Å². The van der Waals surface area contributed by atoms with E-state index in [1.807, 2.05) is 36.6 Å². The molecule has 0 aliphatic rings. The molecule has 138 valence electrons. The van der Waals surface area contributed by atoms with Gasteiger partial charge in [0.05, 0.1) is 6.04 Å². The maximum atomic E-state index is 12.3. The number of carbonyl (C=O) groups is 3. The largest absolute Gasteiger partial charge is 0.480 e. The summed E-state index contributed by atoms with van der Waals surface area (Å²) in [5.41, 5.74) is 6.86. The smallest absolute Gasteiger partial charge is 0.325 e. The molecule has 1 aromatic carbocycles. The van der Waals surface area contributed by atoms with Gasteiger partial charge in [0.25, 0.3) is 0 Å². The van der Waals surface area contributed by atoms with Crippen molar-refractivity contribution in [3.63, 3.8) is 0 Å². The fourth-order valence-corrected chi connectivity index (χ4v) is 2.59. The highest BCUT2D eigenvalue weighted by Gasteiger charge is 2.25. The van der Waals surface area contributed by atoms with E-state index in [9.17, 15) is 14.4 Å². The third-order valence-electron chi connectivity index (χ3n) is 3.61. The molecular weight excluding hydrogens is 342 g/mol. The lowest BCUT2D eigenvalue weighted by Gasteiger charge is -2.21. The fourth-order valence-electron chi connectivity index (χ4n) is 2.12. The van der Waals surface area contributed by atoms with Crippen molar-refractivity contribution in [1.82, 2.24) is 10.6 Å². The second-order valence-electron chi connectivity index (χ2n) is 5.71. The molecule has 25 heavy (non-hydrogen) atoms. The number of thioether (sulfide) groups is 1. The van der Waals surface area contributed by atoms with Crippen molar-refractivity contribution in [2.24, 2.45) is 5.73 Å². The number of rotatable bonds is 10. The molecule has 1 aromatic rings. The number of benzene rings is 1. The summed E-state index contributed by atoms with van der Waals surface area (Å²) in [5.74, 6) is -1.45. The first-order valence-electron chi connectivity index (χ1n) is 7.97. The van der Waals surface area contributed by atoms with Crippen molar-refractivity contribution < 1.29 is 19.5 Å². The summed E-state index contributed by atoms with van der Waals surface area (Å²) in [4.78, 5) is 35.4. The zero-order chi connectivity index (χ0) is 18.8. The first kappa shape index (κ1) is 21.0. The average Bonchev–Trinajstić information content (AvgIpc) is 2.58. The van der Waals surface area contributed by atoms with E-state index >= 15 is 0 Å². The minimum Gasteiger partial charge on any atom is -0.480 e. The van der Waals surface area contributed by atoms with Crippen LogP contribution in [0.1, 0.15) is 18.9 Å². The maximum Gasteiger partial charge on any atom is 0.325 e. The average molecular weight is 367 g/mol. The SMILES string of the molecule is CSCC[C@H](NC(=O)[C@@H](N)Cc1ccccc1)C(=O)N[C@@H](C)C(=O)O. The minimum atomic E-state index is -1.14. The van der Waals surface area contributed by atoms with Crippen molar-refractivity contribution in [3.05, 3.63) is 35.9 Å². The third kappa shape index (κ3) is 7.57. The quantitative estimate of drug-likeness (QED) is 0.474. The number of hydrogen-bond acceptors (Lipinski definition) is 5. The highest BCUT2D eigenvalue weighted by atomic mass is 32.2. The van der Waals surface area contributed by atoms with E-state index in [0.29, 0.717) is 18.6 Å². The Morgan fingerprint density at radius 2 is 1.80 bits per heavy atom. The molecule has 0 fully saturated rings. The summed E-state index contributed by atoms with van der Waals surface area (Å²) >= 11 is 1.53. The molecule has 2 amide bonds. The molecule has 0 aromatic heterocycles. The zero-order valence-electron chi connectivity index (χ0n) is 14.4. The maximum absolute atomic E-state index is 12.3. The Balaban J connectivity index is 2.67. The van der Waals surface area contributed by atoms with Crippen LogP contribution in [0.3, 0.4) is 0 Å². The van der Waals surface area contributed by atoms with Gasteiger partial charge in [-0.3, -0.25) is 14.4 Å². The lowest BCUT2D eigenvalue weighted by Crippen LogP contribution is -2.54. The van der Waals surface area contributed by atoms with Crippen LogP contribution in [0.15, 0.2) is 30.3 Å². The number of carboxylic acid groups (broad SMARTS) is 1. The van der Waals surface area contributed by atoms with Crippen molar-refractivity contribution >= 4 is 29.5 Å². The third-order valence-corrected chi connectivity index (χ3v) is 4.25. The van der Waals surface area contributed by atoms with Crippen molar-refractivity contribution in [3.8, 4) is 0 Å². The van der Waals surface area contributed by atoms with Crippen molar-refractivity contribution in [1.29, 1.82) is 0 Å². The van der Waals surface area contributed by atoms with Gasteiger partial charge in [-0.25, -0.2) is 0 Å². The van der Waals surface area contributed by atoms with E-state index in [4.69, 9.17) is 10.8 Å². The Morgan fingerprint density at radius 1 is 1.16 bits per heavy atom. The van der Waals surface area contributed by atoms with Gasteiger partial charge in [-0.15, -0.1) is 0 Å². The summed E-state index contributed by atoms with van der Waals surface area (Å²) < 4.78 is 0. The number of carboxylic acids is 1. The van der Waals surface area contributed by atoms with Crippen LogP contribution in [0, 0.1) is 0 Å². The Kier molecular flexibility index (Phi) is 9.01. The minimum absolute atomic E-state index is 0.356. The molecule has 0 spiro atoms. The lowest BCUT2D eigenvalue weighted by atomic mass is 10.1. The van der Waals surface area contributed by atoms with E-state index in [1.54, 1.807) is 0 Å². The number of nitrogens with two attached hydrogens (primary N) is 1. The van der Waals surface area contributed by atoms with Gasteiger partial charge >= 0.3 is 5.97 Å². The molecule has 0 heterocycles. The molecule has 0 aliphatic carbocycles. The number of hydrogen-bond donors (Lipinski definition) is 4. The second-order valence-corrected chi connectivity index (χ2v) is 6.69. The van der Waals surface area contributed by atoms with Crippen LogP contribution in [0.4, 0.5) is 0 Å².